The number of aromatic nitrogens is 1. The summed E-state index contributed by atoms with van der Waals surface area (Å²) in [5, 5.41) is 10.6. The molecule has 0 bridgehead atoms. The molecule has 2 N–H and O–H groups in total. The fourth-order valence-corrected chi connectivity index (χ4v) is 1.22. The van der Waals surface area contributed by atoms with Gasteiger partial charge in [0.1, 0.15) is 5.15 Å². The Morgan fingerprint density at radius 3 is 2.88 bits per heavy atom. The van der Waals surface area contributed by atoms with Crippen molar-refractivity contribution in [2.45, 2.75) is 6.42 Å². The summed E-state index contributed by atoms with van der Waals surface area (Å²) in [5.74, 6) is 5.52. The monoisotopic (exact) mass is 259 g/mol. The number of nitro groups is 1. The van der Waals surface area contributed by atoms with E-state index < -0.39 is 4.92 Å². The summed E-state index contributed by atoms with van der Waals surface area (Å²) in [6, 6.07) is 1.20. The van der Waals surface area contributed by atoms with Crippen molar-refractivity contribution in [2.24, 2.45) is 0 Å². The summed E-state index contributed by atoms with van der Waals surface area (Å²) in [6.07, 6.45) is 0.468. The minimum absolute atomic E-state index is 0.0465. The highest BCUT2D eigenvalue weighted by atomic mass is 35.5. The van der Waals surface area contributed by atoms with Gasteiger partial charge in [0.2, 0.25) is 5.82 Å². The minimum atomic E-state index is -0.634. The maximum atomic E-state index is 10.6. The number of nitrogen functional groups attached to an aromatic ring is 1. The lowest BCUT2D eigenvalue weighted by Gasteiger charge is -1.99. The fourth-order valence-electron chi connectivity index (χ4n) is 0.932. The molecule has 0 unspecified atom stereocenters. The maximum absolute atomic E-state index is 10.6. The highest BCUT2D eigenvalue weighted by Gasteiger charge is 2.15. The minimum Gasteiger partial charge on any atom is -0.378 e. The van der Waals surface area contributed by atoms with Crippen molar-refractivity contribution in [3.63, 3.8) is 0 Å². The van der Waals surface area contributed by atoms with Crippen molar-refractivity contribution < 1.29 is 4.92 Å². The second kappa shape index (κ2) is 5.54. The number of hydrogen-bond acceptors (Lipinski definition) is 4. The highest BCUT2D eigenvalue weighted by Crippen LogP contribution is 2.24. The zero-order chi connectivity index (χ0) is 12.1. The Hall–Kier alpha value is -1.51. The number of pyridine rings is 1. The third-order valence-electron chi connectivity index (χ3n) is 1.62. The summed E-state index contributed by atoms with van der Waals surface area (Å²) in [5.41, 5.74) is 5.30. The van der Waals surface area contributed by atoms with Crippen LogP contribution in [0.15, 0.2) is 6.07 Å². The van der Waals surface area contributed by atoms with Crippen molar-refractivity contribution in [2.75, 3.05) is 11.6 Å². The van der Waals surface area contributed by atoms with Gasteiger partial charge in [-0.25, -0.2) is 4.98 Å². The van der Waals surface area contributed by atoms with E-state index in [2.05, 4.69) is 16.8 Å². The Kier molecular flexibility index (Phi) is 4.35. The molecule has 0 atom stereocenters. The summed E-state index contributed by atoms with van der Waals surface area (Å²) in [7, 11) is 0. The molecule has 0 aliphatic carbocycles. The van der Waals surface area contributed by atoms with Crippen LogP contribution in [-0.2, 0) is 0 Å². The number of alkyl halides is 1. The Morgan fingerprint density at radius 1 is 1.62 bits per heavy atom. The van der Waals surface area contributed by atoms with Crippen LogP contribution in [-0.4, -0.2) is 15.8 Å². The second-order valence-electron chi connectivity index (χ2n) is 2.73. The van der Waals surface area contributed by atoms with Crippen molar-refractivity contribution in [3.05, 3.63) is 26.9 Å². The standard InChI is InChI=1S/C9H7Cl2N3O2/c10-4-2-1-3-6-5-7(14(15)16)9(12)13-8(6)11/h5H,2,4H2,(H2,12,13). The van der Waals surface area contributed by atoms with Crippen LogP contribution in [0.3, 0.4) is 0 Å². The molecule has 0 aliphatic rings. The van der Waals surface area contributed by atoms with E-state index in [-0.39, 0.29) is 22.2 Å². The molecule has 0 spiro atoms. The lowest BCUT2D eigenvalue weighted by atomic mass is 10.2. The average molecular weight is 260 g/mol. The molecule has 1 rings (SSSR count). The van der Waals surface area contributed by atoms with Gasteiger partial charge in [0.25, 0.3) is 0 Å². The molecule has 0 saturated carbocycles. The number of rotatable bonds is 2. The van der Waals surface area contributed by atoms with Gasteiger partial charge in [0, 0.05) is 18.4 Å². The zero-order valence-corrected chi connectivity index (χ0v) is 9.55. The van der Waals surface area contributed by atoms with Gasteiger partial charge in [-0.15, -0.1) is 11.6 Å². The molecule has 7 heteroatoms. The molecule has 84 valence electrons. The Balaban J connectivity index is 3.16. The topological polar surface area (TPSA) is 82.0 Å². The lowest BCUT2D eigenvalue weighted by Crippen LogP contribution is -2.00. The van der Waals surface area contributed by atoms with Crippen molar-refractivity contribution >= 4 is 34.7 Å². The van der Waals surface area contributed by atoms with Crippen LogP contribution >= 0.6 is 23.2 Å². The molecule has 16 heavy (non-hydrogen) atoms. The van der Waals surface area contributed by atoms with Crippen LogP contribution in [0.25, 0.3) is 0 Å². The van der Waals surface area contributed by atoms with Gasteiger partial charge >= 0.3 is 5.69 Å². The van der Waals surface area contributed by atoms with Crippen LogP contribution in [0.5, 0.6) is 0 Å². The summed E-state index contributed by atoms with van der Waals surface area (Å²) < 4.78 is 0. The number of nitrogens with two attached hydrogens (primary N) is 1. The third kappa shape index (κ3) is 2.99. The first kappa shape index (κ1) is 12.6. The summed E-state index contributed by atoms with van der Waals surface area (Å²) in [4.78, 5) is 13.6. The first-order chi connectivity index (χ1) is 7.56. The first-order valence-electron chi connectivity index (χ1n) is 4.21. The number of hydrogen-bond donors (Lipinski definition) is 1. The van der Waals surface area contributed by atoms with E-state index in [4.69, 9.17) is 28.9 Å². The second-order valence-corrected chi connectivity index (χ2v) is 3.46. The summed E-state index contributed by atoms with van der Waals surface area (Å²) in [6.45, 7) is 0. The molecule has 0 saturated heterocycles. The van der Waals surface area contributed by atoms with E-state index in [1.807, 2.05) is 0 Å². The van der Waals surface area contributed by atoms with E-state index in [1.165, 1.54) is 6.07 Å². The van der Waals surface area contributed by atoms with Crippen LogP contribution in [0, 0.1) is 22.0 Å². The van der Waals surface area contributed by atoms with Gasteiger partial charge in [0.15, 0.2) is 0 Å². The van der Waals surface area contributed by atoms with E-state index in [0.717, 1.165) is 0 Å². The molecule has 1 aromatic rings. The van der Waals surface area contributed by atoms with E-state index in [1.54, 1.807) is 0 Å². The molecule has 0 radical (unpaired) electrons. The first-order valence-corrected chi connectivity index (χ1v) is 5.12. The molecular formula is C9H7Cl2N3O2. The average Bonchev–Trinajstić information content (AvgIpc) is 2.21. The Labute approximate surface area is 102 Å². The number of nitrogens with zero attached hydrogens (tertiary/aromatic N) is 2. The van der Waals surface area contributed by atoms with Crippen molar-refractivity contribution in [3.8, 4) is 11.8 Å². The fraction of sp³-hybridized carbons (Fsp3) is 0.222. The molecule has 1 aromatic heterocycles. The molecule has 0 fully saturated rings. The normalized spacial score (nSPS) is 9.38. The van der Waals surface area contributed by atoms with Gasteiger partial charge in [-0.3, -0.25) is 10.1 Å². The van der Waals surface area contributed by atoms with Crippen LogP contribution in [0.4, 0.5) is 11.5 Å². The number of halogens is 2. The van der Waals surface area contributed by atoms with Gasteiger partial charge in [0.05, 0.1) is 10.5 Å². The molecular weight excluding hydrogens is 253 g/mol. The number of anilines is 1. The molecule has 0 aromatic carbocycles. The SMILES string of the molecule is Nc1nc(Cl)c(C#CCCCl)cc1[N+](=O)[O-]. The van der Waals surface area contributed by atoms with Crippen molar-refractivity contribution in [1.82, 2.24) is 4.98 Å². The van der Waals surface area contributed by atoms with E-state index in [0.29, 0.717) is 12.3 Å². The largest absolute Gasteiger partial charge is 0.378 e. The van der Waals surface area contributed by atoms with E-state index >= 15 is 0 Å². The Morgan fingerprint density at radius 2 is 2.31 bits per heavy atom. The highest BCUT2D eigenvalue weighted by molar-refractivity contribution is 6.30. The van der Waals surface area contributed by atoms with Gasteiger partial charge in [-0.1, -0.05) is 23.4 Å². The van der Waals surface area contributed by atoms with E-state index in [9.17, 15) is 10.1 Å². The van der Waals surface area contributed by atoms with Crippen LogP contribution < -0.4 is 5.73 Å². The smallest absolute Gasteiger partial charge is 0.312 e. The predicted molar refractivity (Wildman–Crippen MR) is 62.5 cm³/mol. The maximum Gasteiger partial charge on any atom is 0.312 e. The molecule has 0 amide bonds. The quantitative estimate of drug-likeness (QED) is 0.290. The predicted octanol–water partition coefficient (Wildman–Crippen LogP) is 2.21. The summed E-state index contributed by atoms with van der Waals surface area (Å²) >= 11 is 11.2. The Bertz CT molecular complexity index is 480. The molecule has 1 heterocycles. The third-order valence-corrected chi connectivity index (χ3v) is 2.10. The zero-order valence-electron chi connectivity index (χ0n) is 8.04. The van der Waals surface area contributed by atoms with Gasteiger partial charge < -0.3 is 5.73 Å². The molecule has 5 nitrogen and oxygen atoms in total. The van der Waals surface area contributed by atoms with Crippen LogP contribution in [0.2, 0.25) is 5.15 Å². The lowest BCUT2D eigenvalue weighted by molar-refractivity contribution is -0.384. The van der Waals surface area contributed by atoms with Gasteiger partial charge in [-0.05, 0) is 0 Å². The van der Waals surface area contributed by atoms with Crippen LogP contribution in [0.1, 0.15) is 12.0 Å². The van der Waals surface area contributed by atoms with Gasteiger partial charge in [-0.2, -0.15) is 0 Å². The molecule has 0 aliphatic heterocycles. The van der Waals surface area contributed by atoms with Crippen molar-refractivity contribution in [1.29, 1.82) is 0 Å².